The number of hydrogen-bond donors (Lipinski definition) is 2. The van der Waals surface area contributed by atoms with Gasteiger partial charge in [0.1, 0.15) is 5.60 Å². The molecule has 0 radical (unpaired) electrons. The minimum atomic E-state index is -4.51. The summed E-state index contributed by atoms with van der Waals surface area (Å²) in [5.74, 6) is -1.56. The van der Waals surface area contributed by atoms with Crippen LogP contribution in [0.25, 0.3) is 11.3 Å². The summed E-state index contributed by atoms with van der Waals surface area (Å²) in [7, 11) is 3.33. The average molecular weight is 965 g/mol. The Morgan fingerprint density at radius 2 is 1.35 bits per heavy atom. The lowest BCUT2D eigenvalue weighted by molar-refractivity contribution is -0.156. The normalized spacial score (nSPS) is 11.6. The molecular formula is C51H67F3N6O9. The van der Waals surface area contributed by atoms with Gasteiger partial charge in [-0.25, -0.2) is 0 Å². The smallest absolute Gasteiger partial charge is 0.416 e. The minimum Gasteiger partial charge on any atom is -0.460 e. The Morgan fingerprint density at radius 1 is 0.696 bits per heavy atom. The van der Waals surface area contributed by atoms with Gasteiger partial charge in [0.2, 0.25) is 0 Å². The van der Waals surface area contributed by atoms with Crippen LogP contribution in [0.1, 0.15) is 83.2 Å². The van der Waals surface area contributed by atoms with Crippen LogP contribution in [-0.4, -0.2) is 144 Å². The lowest BCUT2D eigenvalue weighted by Crippen LogP contribution is -2.39. The van der Waals surface area contributed by atoms with Gasteiger partial charge < -0.3 is 44.1 Å². The molecule has 3 aromatic carbocycles. The highest BCUT2D eigenvalue weighted by molar-refractivity contribution is 6.08. The van der Waals surface area contributed by atoms with Crippen molar-refractivity contribution in [3.05, 3.63) is 113 Å². The van der Waals surface area contributed by atoms with Crippen LogP contribution in [0, 0.1) is 0 Å². The number of ether oxygens (including phenoxy) is 5. The number of rotatable bonds is 28. The Hall–Kier alpha value is -5.92. The number of esters is 1. The van der Waals surface area contributed by atoms with Gasteiger partial charge in [-0.2, -0.15) is 13.2 Å². The number of aromatic nitrogens is 1. The van der Waals surface area contributed by atoms with Gasteiger partial charge in [-0.1, -0.05) is 18.2 Å². The van der Waals surface area contributed by atoms with Gasteiger partial charge >= 0.3 is 12.1 Å². The van der Waals surface area contributed by atoms with Gasteiger partial charge in [0.25, 0.3) is 17.7 Å². The van der Waals surface area contributed by atoms with Crippen LogP contribution in [0.2, 0.25) is 0 Å². The molecule has 3 amide bonds. The molecule has 0 fully saturated rings. The molecule has 0 spiro atoms. The van der Waals surface area contributed by atoms with E-state index in [1.807, 2.05) is 46.8 Å². The van der Waals surface area contributed by atoms with Gasteiger partial charge in [0, 0.05) is 94.1 Å². The molecule has 0 aliphatic heterocycles. The zero-order chi connectivity index (χ0) is 50.4. The Labute approximate surface area is 403 Å². The zero-order valence-electron chi connectivity index (χ0n) is 40.8. The van der Waals surface area contributed by atoms with E-state index in [2.05, 4.69) is 25.4 Å². The molecule has 376 valence electrons. The summed E-state index contributed by atoms with van der Waals surface area (Å²) in [6.07, 6.45) is -2.88. The Morgan fingerprint density at radius 3 is 2.03 bits per heavy atom. The number of nitrogens with one attached hydrogen (secondary N) is 2. The molecule has 18 heteroatoms. The topological polar surface area (TPSA) is 161 Å². The number of hydrogen-bond acceptors (Lipinski definition) is 12. The second-order valence-electron chi connectivity index (χ2n) is 17.0. The molecule has 4 aromatic rings. The third-order valence-corrected chi connectivity index (χ3v) is 10.6. The molecule has 69 heavy (non-hydrogen) atoms. The first-order valence-electron chi connectivity index (χ1n) is 23.0. The van der Waals surface area contributed by atoms with Crippen molar-refractivity contribution >= 4 is 35.1 Å². The Bertz CT molecular complexity index is 2270. The molecule has 0 unspecified atom stereocenters. The van der Waals surface area contributed by atoms with E-state index in [9.17, 15) is 32.3 Å². The van der Waals surface area contributed by atoms with E-state index in [0.717, 1.165) is 17.8 Å². The molecule has 0 aliphatic carbocycles. The van der Waals surface area contributed by atoms with E-state index in [-0.39, 0.29) is 48.1 Å². The zero-order valence-corrected chi connectivity index (χ0v) is 40.8. The monoisotopic (exact) mass is 964 g/mol. The van der Waals surface area contributed by atoms with Crippen LogP contribution in [0.15, 0.2) is 85.1 Å². The molecule has 15 nitrogen and oxygen atoms in total. The van der Waals surface area contributed by atoms with Gasteiger partial charge in [-0.15, -0.1) is 0 Å². The maximum Gasteiger partial charge on any atom is 0.416 e. The molecular weight excluding hydrogens is 898 g/mol. The fourth-order valence-corrected chi connectivity index (χ4v) is 6.94. The van der Waals surface area contributed by atoms with Crippen molar-refractivity contribution in [2.45, 2.75) is 59.4 Å². The quantitative estimate of drug-likeness (QED) is 0.0425. The standard InChI is InChI=1S/C51H67F3N6O9/c1-8-60(9-2)42-16-17-44(43(35-42)45-34-39(18-20-55-45)47(62)56-36-37-12-10-15-41(32-37)51(52,53)54)57-48(63)38-13-11-14-40(33-38)49(64)58(6)21-22-59(23-26-65-7)24-27-67-29-31-68-30-28-66-25-19-46(61)69-50(3,4)5/h10-18,20,32-35H,8-9,19,21-31,36H2,1-7H3,(H,56,62)(H,57,63). The molecule has 1 heterocycles. The largest absolute Gasteiger partial charge is 0.460 e. The predicted octanol–water partition coefficient (Wildman–Crippen LogP) is 7.60. The second kappa shape index (κ2) is 27.9. The highest BCUT2D eigenvalue weighted by Crippen LogP contribution is 2.33. The van der Waals surface area contributed by atoms with Crippen LogP contribution in [-0.2, 0) is 41.2 Å². The lowest BCUT2D eigenvalue weighted by Gasteiger charge is -2.25. The molecule has 0 atom stereocenters. The number of carbonyl (C=O) groups is 4. The molecule has 0 saturated carbocycles. The lowest BCUT2D eigenvalue weighted by atomic mass is 10.0. The van der Waals surface area contributed by atoms with Crippen molar-refractivity contribution in [3.8, 4) is 11.3 Å². The summed E-state index contributed by atoms with van der Waals surface area (Å²) in [4.78, 5) is 63.0. The summed E-state index contributed by atoms with van der Waals surface area (Å²) in [6.45, 7) is 15.6. The predicted molar refractivity (Wildman–Crippen MR) is 258 cm³/mol. The third kappa shape index (κ3) is 19.2. The molecule has 0 aliphatic rings. The minimum absolute atomic E-state index is 0.128. The molecule has 2 N–H and O–H groups in total. The van der Waals surface area contributed by atoms with Gasteiger partial charge in [0.15, 0.2) is 0 Å². The van der Waals surface area contributed by atoms with Crippen LogP contribution in [0.4, 0.5) is 24.5 Å². The third-order valence-electron chi connectivity index (χ3n) is 10.6. The summed E-state index contributed by atoms with van der Waals surface area (Å²) >= 11 is 0. The molecule has 0 saturated heterocycles. The van der Waals surface area contributed by atoms with E-state index in [1.165, 1.54) is 24.4 Å². The Kier molecular flexibility index (Phi) is 22.5. The number of pyridine rings is 1. The number of halogens is 3. The van der Waals surface area contributed by atoms with Gasteiger partial charge in [-0.05, 0) is 101 Å². The van der Waals surface area contributed by atoms with Crippen molar-refractivity contribution in [1.82, 2.24) is 20.1 Å². The molecule has 1 aromatic heterocycles. The second-order valence-corrected chi connectivity index (χ2v) is 17.0. The number of carbonyl (C=O) groups excluding carboxylic acids is 4. The SMILES string of the molecule is CCN(CC)c1ccc(NC(=O)c2cccc(C(=O)N(C)CCN(CCOC)CCOCCOCCOCCC(=O)OC(C)(C)C)c2)c(-c2cc(C(=O)NCc3cccc(C(F)(F)F)c3)ccn2)c1. The van der Waals surface area contributed by atoms with Crippen molar-refractivity contribution < 1.29 is 56.0 Å². The summed E-state index contributed by atoms with van der Waals surface area (Å²) in [6, 6.07) is 19.8. The van der Waals surface area contributed by atoms with E-state index >= 15 is 0 Å². The Balaban J connectivity index is 1.34. The van der Waals surface area contributed by atoms with Crippen LogP contribution in [0.5, 0.6) is 0 Å². The fraction of sp³-hybridized carbons (Fsp3) is 0.471. The number of amides is 3. The summed E-state index contributed by atoms with van der Waals surface area (Å²) in [5, 5.41) is 5.67. The fourth-order valence-electron chi connectivity index (χ4n) is 6.94. The molecule has 4 rings (SSSR count). The van der Waals surface area contributed by atoms with Crippen molar-refractivity contribution in [2.75, 3.05) is 110 Å². The van der Waals surface area contributed by atoms with E-state index in [4.69, 9.17) is 23.7 Å². The van der Waals surface area contributed by atoms with E-state index in [1.54, 1.807) is 55.5 Å². The first kappa shape index (κ1) is 55.7. The number of nitrogens with zero attached hydrogens (tertiary/aromatic N) is 4. The number of anilines is 2. The maximum absolute atomic E-state index is 13.9. The highest BCUT2D eigenvalue weighted by atomic mass is 19.4. The van der Waals surface area contributed by atoms with Gasteiger partial charge in [0.05, 0.1) is 69.6 Å². The maximum atomic E-state index is 13.9. The van der Waals surface area contributed by atoms with E-state index < -0.39 is 29.2 Å². The number of benzene rings is 3. The van der Waals surface area contributed by atoms with Crippen molar-refractivity contribution in [2.24, 2.45) is 0 Å². The number of likely N-dealkylation sites (N-methyl/N-ethyl adjacent to an activating group) is 1. The van der Waals surface area contributed by atoms with E-state index in [0.29, 0.717) is 101 Å². The first-order chi connectivity index (χ1) is 32.9. The van der Waals surface area contributed by atoms with Crippen LogP contribution >= 0.6 is 0 Å². The number of alkyl halides is 3. The summed E-state index contributed by atoms with van der Waals surface area (Å²) < 4.78 is 67.2. The van der Waals surface area contributed by atoms with Crippen molar-refractivity contribution in [1.29, 1.82) is 0 Å². The van der Waals surface area contributed by atoms with Crippen LogP contribution in [0.3, 0.4) is 0 Å². The summed E-state index contributed by atoms with van der Waals surface area (Å²) in [5.41, 5.74) is 1.92. The van der Waals surface area contributed by atoms with Crippen molar-refractivity contribution in [3.63, 3.8) is 0 Å². The highest BCUT2D eigenvalue weighted by Gasteiger charge is 2.30. The molecule has 0 bridgehead atoms. The van der Waals surface area contributed by atoms with Crippen LogP contribution < -0.4 is 15.5 Å². The first-order valence-corrected chi connectivity index (χ1v) is 23.0. The average Bonchev–Trinajstić information content (AvgIpc) is 3.32. The number of methoxy groups -OCH3 is 1. The van der Waals surface area contributed by atoms with Gasteiger partial charge in [-0.3, -0.25) is 29.1 Å².